The highest BCUT2D eigenvalue weighted by Crippen LogP contribution is 2.35. The molecule has 5 heteroatoms. The lowest BCUT2D eigenvalue weighted by Crippen LogP contribution is -2.37. The number of benzene rings is 2. The molecule has 4 nitrogen and oxygen atoms in total. The van der Waals surface area contributed by atoms with E-state index in [9.17, 15) is 4.21 Å². The fourth-order valence-corrected chi connectivity index (χ4v) is 6.72. The van der Waals surface area contributed by atoms with Crippen LogP contribution in [-0.2, 0) is 23.9 Å². The third kappa shape index (κ3) is 8.24. The molecule has 3 atom stereocenters. The Labute approximate surface area is 223 Å². The minimum absolute atomic E-state index is 0.100. The van der Waals surface area contributed by atoms with Gasteiger partial charge in [-0.05, 0) is 78.4 Å². The van der Waals surface area contributed by atoms with Gasteiger partial charge in [0.1, 0.15) is 0 Å². The molecule has 0 spiro atoms. The van der Waals surface area contributed by atoms with Gasteiger partial charge in [-0.15, -0.1) is 0 Å². The minimum Gasteiger partial charge on any atom is -0.326 e. The molecule has 2 heterocycles. The summed E-state index contributed by atoms with van der Waals surface area (Å²) >= 11 is 0. The second kappa shape index (κ2) is 11.9. The van der Waals surface area contributed by atoms with Gasteiger partial charge in [0.05, 0.1) is 0 Å². The standard InChI is InChI=1S/C18H29NOS.C13H20N2/c1-17(2,3)21(20)14-16-11-18(4,5)19(13-16)12-15-9-7-6-8-10-15;1-13(2)8-12(14)10-15(13)9-11-6-4-3-5-7-11/h6-10,16H,11-14H2,1-5H3;3-7,12H,8-10,14H2,1-2H3. The molecule has 0 aromatic heterocycles. The molecule has 2 N–H and O–H groups in total. The highest BCUT2D eigenvalue weighted by molar-refractivity contribution is 7.86. The van der Waals surface area contributed by atoms with E-state index >= 15 is 0 Å². The van der Waals surface area contributed by atoms with Gasteiger partial charge in [0.15, 0.2) is 0 Å². The molecular weight excluding hydrogens is 462 g/mol. The summed E-state index contributed by atoms with van der Waals surface area (Å²) in [4.78, 5) is 5.03. The van der Waals surface area contributed by atoms with Gasteiger partial charge < -0.3 is 5.73 Å². The minimum atomic E-state index is -0.748. The second-order valence-corrected chi connectivity index (χ2v) is 15.3. The van der Waals surface area contributed by atoms with Crippen LogP contribution in [0.3, 0.4) is 0 Å². The predicted molar refractivity (Wildman–Crippen MR) is 155 cm³/mol. The molecule has 0 aliphatic carbocycles. The molecule has 2 aromatic rings. The summed E-state index contributed by atoms with van der Waals surface area (Å²) in [5.74, 6) is 1.38. The van der Waals surface area contributed by atoms with Gasteiger partial charge >= 0.3 is 0 Å². The second-order valence-electron chi connectivity index (χ2n) is 13.0. The van der Waals surface area contributed by atoms with Crippen LogP contribution in [0.4, 0.5) is 0 Å². The van der Waals surface area contributed by atoms with Crippen LogP contribution < -0.4 is 5.73 Å². The Bertz CT molecular complexity index is 968. The largest absolute Gasteiger partial charge is 0.326 e. The van der Waals surface area contributed by atoms with Crippen molar-refractivity contribution in [3.05, 3.63) is 71.8 Å². The maximum Gasteiger partial charge on any atom is 0.0375 e. The van der Waals surface area contributed by atoms with Crippen LogP contribution >= 0.6 is 0 Å². The first kappa shape index (κ1) is 29.0. The van der Waals surface area contributed by atoms with Crippen LogP contribution in [0.1, 0.15) is 72.4 Å². The molecule has 2 saturated heterocycles. The Balaban J connectivity index is 0.000000212. The zero-order valence-electron chi connectivity index (χ0n) is 23.7. The van der Waals surface area contributed by atoms with Gasteiger partial charge in [0, 0.05) is 64.6 Å². The topological polar surface area (TPSA) is 49.6 Å². The SMILES string of the molecule is CC1(C)CC(CS(=O)C(C)(C)C)CN1Cc1ccccc1.CC1(C)CC(N)CN1Cc1ccccc1. The van der Waals surface area contributed by atoms with Crippen LogP contribution in [-0.4, -0.2) is 54.7 Å². The van der Waals surface area contributed by atoms with Crippen molar-refractivity contribution >= 4 is 10.8 Å². The first-order chi connectivity index (χ1) is 16.8. The lowest BCUT2D eigenvalue weighted by atomic mass is 9.97. The quantitative estimate of drug-likeness (QED) is 0.530. The van der Waals surface area contributed by atoms with Gasteiger partial charge in [-0.2, -0.15) is 0 Å². The fourth-order valence-electron chi connectivity index (χ4n) is 5.56. The summed E-state index contributed by atoms with van der Waals surface area (Å²) in [6.45, 7) is 19.5. The van der Waals surface area contributed by atoms with Gasteiger partial charge in [-0.25, -0.2) is 0 Å². The molecule has 36 heavy (non-hydrogen) atoms. The number of likely N-dealkylation sites (tertiary alicyclic amines) is 2. The van der Waals surface area contributed by atoms with Gasteiger partial charge in [0.25, 0.3) is 0 Å². The highest BCUT2D eigenvalue weighted by Gasteiger charge is 2.39. The Kier molecular flexibility index (Phi) is 9.59. The first-order valence-electron chi connectivity index (χ1n) is 13.5. The van der Waals surface area contributed by atoms with E-state index in [2.05, 4.69) is 119 Å². The lowest BCUT2D eigenvalue weighted by molar-refractivity contribution is 0.166. The Morgan fingerprint density at radius 3 is 1.67 bits per heavy atom. The van der Waals surface area contributed by atoms with E-state index < -0.39 is 10.8 Å². The number of nitrogens with zero attached hydrogens (tertiary/aromatic N) is 2. The summed E-state index contributed by atoms with van der Waals surface area (Å²) in [6.07, 6.45) is 2.24. The van der Waals surface area contributed by atoms with E-state index in [4.69, 9.17) is 5.73 Å². The molecule has 2 aliphatic heterocycles. The van der Waals surface area contributed by atoms with E-state index in [-0.39, 0.29) is 15.8 Å². The number of hydrogen-bond donors (Lipinski definition) is 1. The van der Waals surface area contributed by atoms with E-state index in [0.29, 0.717) is 12.0 Å². The van der Waals surface area contributed by atoms with Crippen molar-refractivity contribution < 1.29 is 4.21 Å². The van der Waals surface area contributed by atoms with Crippen molar-refractivity contribution in [2.24, 2.45) is 11.7 Å². The molecule has 0 saturated carbocycles. The third-order valence-corrected chi connectivity index (χ3v) is 9.84. The molecule has 2 aliphatic rings. The Morgan fingerprint density at radius 1 is 0.806 bits per heavy atom. The maximum absolute atomic E-state index is 12.4. The van der Waals surface area contributed by atoms with Crippen LogP contribution in [0.15, 0.2) is 60.7 Å². The summed E-state index contributed by atoms with van der Waals surface area (Å²) < 4.78 is 12.3. The van der Waals surface area contributed by atoms with E-state index in [1.165, 1.54) is 11.1 Å². The normalized spacial score (nSPS) is 24.8. The van der Waals surface area contributed by atoms with Crippen LogP contribution in [0.25, 0.3) is 0 Å². The van der Waals surface area contributed by atoms with Crippen molar-refractivity contribution in [1.82, 2.24) is 9.80 Å². The smallest absolute Gasteiger partial charge is 0.0375 e. The maximum atomic E-state index is 12.4. The van der Waals surface area contributed by atoms with Crippen molar-refractivity contribution in [3.63, 3.8) is 0 Å². The van der Waals surface area contributed by atoms with Crippen molar-refractivity contribution in [3.8, 4) is 0 Å². The number of rotatable bonds is 6. The average molecular weight is 512 g/mol. The molecule has 2 fully saturated rings. The molecule has 2 aromatic carbocycles. The van der Waals surface area contributed by atoms with E-state index in [1.54, 1.807) is 0 Å². The third-order valence-electron chi connectivity index (χ3n) is 7.70. The van der Waals surface area contributed by atoms with Crippen LogP contribution in [0, 0.1) is 5.92 Å². The fraction of sp³-hybridized carbons (Fsp3) is 0.613. The highest BCUT2D eigenvalue weighted by atomic mass is 32.2. The van der Waals surface area contributed by atoms with E-state index in [1.807, 2.05) is 0 Å². The first-order valence-corrected chi connectivity index (χ1v) is 14.8. The van der Waals surface area contributed by atoms with Crippen molar-refractivity contribution in [2.75, 3.05) is 18.8 Å². The molecule has 3 unspecified atom stereocenters. The monoisotopic (exact) mass is 511 g/mol. The molecular formula is C31H49N3OS. The molecule has 0 radical (unpaired) electrons. The summed E-state index contributed by atoms with van der Waals surface area (Å²) in [7, 11) is -0.748. The summed E-state index contributed by atoms with van der Waals surface area (Å²) in [6, 6.07) is 21.6. The van der Waals surface area contributed by atoms with Crippen molar-refractivity contribution in [2.45, 2.75) is 96.3 Å². The molecule has 200 valence electrons. The average Bonchev–Trinajstić information content (AvgIpc) is 3.21. The van der Waals surface area contributed by atoms with Crippen LogP contribution in [0.2, 0.25) is 0 Å². The number of hydrogen-bond acceptors (Lipinski definition) is 4. The van der Waals surface area contributed by atoms with Gasteiger partial charge in [-0.1, -0.05) is 60.7 Å². The van der Waals surface area contributed by atoms with Gasteiger partial charge in [0.2, 0.25) is 0 Å². The molecule has 0 amide bonds. The zero-order chi connectivity index (χ0) is 26.6. The summed E-state index contributed by atoms with van der Waals surface area (Å²) in [5.41, 5.74) is 9.19. The van der Waals surface area contributed by atoms with Crippen LogP contribution in [0.5, 0.6) is 0 Å². The van der Waals surface area contributed by atoms with Gasteiger partial charge in [-0.3, -0.25) is 14.0 Å². The molecule has 0 bridgehead atoms. The Morgan fingerprint density at radius 2 is 1.25 bits per heavy atom. The zero-order valence-corrected chi connectivity index (χ0v) is 24.5. The predicted octanol–water partition coefficient (Wildman–Crippen LogP) is 5.83. The Hall–Kier alpha value is -1.53. The molecule has 4 rings (SSSR count). The lowest BCUT2D eigenvalue weighted by Gasteiger charge is -2.31. The summed E-state index contributed by atoms with van der Waals surface area (Å²) in [5, 5.41) is 0. The number of nitrogens with two attached hydrogens (primary N) is 1. The van der Waals surface area contributed by atoms with Crippen molar-refractivity contribution in [1.29, 1.82) is 0 Å². The van der Waals surface area contributed by atoms with E-state index in [0.717, 1.165) is 44.8 Å².